The van der Waals surface area contributed by atoms with Crippen molar-refractivity contribution >= 4 is 23.6 Å². The first kappa shape index (κ1) is 24.5. The number of nitrogens with one attached hydrogen (secondary N) is 2. The van der Waals surface area contributed by atoms with Crippen LogP contribution >= 0.6 is 0 Å². The summed E-state index contributed by atoms with van der Waals surface area (Å²) in [6, 6.07) is 0.362. The number of carbonyl (C=O) groups is 4. The summed E-state index contributed by atoms with van der Waals surface area (Å²) in [4.78, 5) is 53.1. The second kappa shape index (κ2) is 9.17. The number of nitrogens with zero attached hydrogens (tertiary/aromatic N) is 2. The van der Waals surface area contributed by atoms with Gasteiger partial charge in [-0.25, -0.2) is 0 Å². The van der Waals surface area contributed by atoms with Crippen LogP contribution in [0.5, 0.6) is 0 Å². The third-order valence-electron chi connectivity index (χ3n) is 8.65. The molecule has 4 aliphatic rings. The lowest BCUT2D eigenvalue weighted by Crippen LogP contribution is -2.68. The van der Waals surface area contributed by atoms with Gasteiger partial charge < -0.3 is 21.3 Å². The van der Waals surface area contributed by atoms with Crippen LogP contribution in [-0.4, -0.2) is 59.4 Å². The smallest absolute Gasteiger partial charge is 0.368 e. The number of amides is 4. The van der Waals surface area contributed by atoms with Crippen molar-refractivity contribution in [2.24, 2.45) is 46.7 Å². The zero-order valence-corrected chi connectivity index (χ0v) is 21.0. The van der Waals surface area contributed by atoms with Gasteiger partial charge in [0.25, 0.3) is 0 Å². The van der Waals surface area contributed by atoms with Gasteiger partial charge in [-0.15, -0.1) is 0 Å². The normalized spacial score (nSPS) is 39.2. The number of fused-ring (bicyclic) bond motifs is 5. The number of nitriles is 1. The Kier molecular flexibility index (Phi) is 6.07. The minimum atomic E-state index is -5.27. The summed E-state index contributed by atoms with van der Waals surface area (Å²) in [6.07, 6.45) is -6.25. The van der Waals surface area contributed by atoms with Gasteiger partial charge in [0.15, 0.2) is 0 Å². The molecule has 4 amide bonds. The summed E-state index contributed by atoms with van der Waals surface area (Å²) >= 11 is 0. The molecule has 0 radical (unpaired) electrons. The van der Waals surface area contributed by atoms with E-state index in [1.807, 2.05) is 0 Å². The first-order chi connectivity index (χ1) is 18.0. The van der Waals surface area contributed by atoms with Gasteiger partial charge in [-0.1, -0.05) is 20.8 Å². The molecule has 37 heavy (non-hydrogen) atoms. The number of alkyl halides is 3. The molecule has 4 rings (SSSR count). The van der Waals surface area contributed by atoms with E-state index in [2.05, 4.69) is 11.4 Å². The monoisotopic (exact) mass is 527 g/mol. The SMILES string of the molecule is [2H]C1C([2H])C2CC1C1CN(C(=O)[C@@H](NC(=O)C(F)(F)F)C(C)(C)C)C(C(N)=O)([C@@H](C#N)C[C@H]3CCNC3=O)C21. The van der Waals surface area contributed by atoms with Crippen molar-refractivity contribution < 1.29 is 35.1 Å². The lowest BCUT2D eigenvalue weighted by atomic mass is 9.64. The van der Waals surface area contributed by atoms with E-state index in [1.165, 1.54) is 20.8 Å². The Morgan fingerprint density at radius 1 is 1.30 bits per heavy atom. The van der Waals surface area contributed by atoms with Gasteiger partial charge in [-0.05, 0) is 55.2 Å². The summed E-state index contributed by atoms with van der Waals surface area (Å²) in [5.41, 5.74) is 2.78. The summed E-state index contributed by atoms with van der Waals surface area (Å²) in [5, 5.41) is 14.8. The first-order valence-electron chi connectivity index (χ1n) is 13.6. The van der Waals surface area contributed by atoms with Crippen molar-refractivity contribution in [3.05, 3.63) is 0 Å². The Morgan fingerprint density at radius 2 is 1.95 bits per heavy atom. The molecule has 9 nitrogen and oxygen atoms in total. The van der Waals surface area contributed by atoms with Gasteiger partial charge in [0.2, 0.25) is 17.7 Å². The Bertz CT molecular complexity index is 1110. The Labute approximate surface area is 216 Å². The van der Waals surface area contributed by atoms with E-state index in [-0.39, 0.29) is 24.8 Å². The fourth-order valence-electron chi connectivity index (χ4n) is 7.03. The summed E-state index contributed by atoms with van der Waals surface area (Å²) < 4.78 is 56.7. The molecule has 204 valence electrons. The molecule has 2 saturated carbocycles. The average Bonchev–Trinajstić information content (AvgIpc) is 3.56. The highest BCUT2D eigenvalue weighted by Gasteiger charge is 2.70. The predicted molar refractivity (Wildman–Crippen MR) is 124 cm³/mol. The number of hydrogen-bond acceptors (Lipinski definition) is 5. The molecular weight excluding hydrogens is 491 g/mol. The topological polar surface area (TPSA) is 145 Å². The van der Waals surface area contributed by atoms with Crippen LogP contribution in [0.25, 0.3) is 0 Å². The molecule has 2 saturated heterocycles. The molecule has 0 spiro atoms. The van der Waals surface area contributed by atoms with Crippen LogP contribution in [-0.2, 0) is 19.2 Å². The largest absolute Gasteiger partial charge is 0.471 e. The standard InChI is InChI=1S/C25H34F3N5O4/c1-23(2,3)18(32-22(37)25(26,27)28)20(35)33-11-16-12-4-5-13(8-12)17(16)24(33,21(30)36)15(10-29)9-14-6-7-31-19(14)34/h12-18H,4-9,11H2,1-3H3,(H2,30,36)(H,31,34)(H,32,37)/t12?,13?,14-,15-,16?,17?,18-,24?/m1/s1/i4D,5D/t4?,5?,12?,13?,14-,15-,16?,17?,18-,24?. The fraction of sp³-hybridized carbons (Fsp3) is 0.800. The molecular formula is C25H34F3N5O4. The highest BCUT2D eigenvalue weighted by Crippen LogP contribution is 2.63. The van der Waals surface area contributed by atoms with Gasteiger partial charge in [0.1, 0.15) is 11.6 Å². The molecule has 2 aliphatic heterocycles. The fourth-order valence-corrected chi connectivity index (χ4v) is 7.03. The maximum atomic E-state index is 14.2. The molecule has 4 N–H and O–H groups in total. The number of nitrogens with two attached hydrogens (primary N) is 1. The molecule has 2 bridgehead atoms. The Morgan fingerprint density at radius 3 is 2.46 bits per heavy atom. The van der Waals surface area contributed by atoms with Crippen LogP contribution in [0.1, 0.15) is 55.6 Å². The van der Waals surface area contributed by atoms with E-state index >= 15 is 0 Å². The molecule has 4 fully saturated rings. The Hall–Kier alpha value is -2.84. The zero-order chi connectivity index (χ0) is 29.2. The molecule has 0 aromatic rings. The summed E-state index contributed by atoms with van der Waals surface area (Å²) in [7, 11) is 0. The van der Waals surface area contributed by atoms with Crippen molar-refractivity contribution in [2.75, 3.05) is 13.1 Å². The zero-order valence-electron chi connectivity index (χ0n) is 23.0. The van der Waals surface area contributed by atoms with Crippen molar-refractivity contribution in [1.82, 2.24) is 15.5 Å². The molecule has 12 heteroatoms. The predicted octanol–water partition coefficient (Wildman–Crippen LogP) is 1.47. The number of halogens is 3. The van der Waals surface area contributed by atoms with E-state index in [0.29, 0.717) is 19.4 Å². The average molecular weight is 528 g/mol. The molecule has 2 heterocycles. The van der Waals surface area contributed by atoms with Crippen LogP contribution in [0.3, 0.4) is 0 Å². The number of carbonyl (C=O) groups excluding carboxylic acids is 4. The van der Waals surface area contributed by atoms with E-state index in [4.69, 9.17) is 8.48 Å². The summed E-state index contributed by atoms with van der Waals surface area (Å²) in [6.45, 7) is 4.60. The quantitative estimate of drug-likeness (QED) is 0.479. The van der Waals surface area contributed by atoms with Crippen molar-refractivity contribution in [3.8, 4) is 6.07 Å². The van der Waals surface area contributed by atoms with Gasteiger partial charge in [0, 0.05) is 27.7 Å². The van der Waals surface area contributed by atoms with Gasteiger partial charge in [-0.2, -0.15) is 18.4 Å². The number of likely N-dealkylation sites (tertiary alicyclic amines) is 1. The lowest BCUT2D eigenvalue weighted by Gasteiger charge is -2.47. The van der Waals surface area contributed by atoms with Gasteiger partial charge in [-0.3, -0.25) is 19.2 Å². The van der Waals surface area contributed by atoms with Crippen molar-refractivity contribution in [3.63, 3.8) is 0 Å². The molecule has 10 atom stereocenters. The molecule has 0 aromatic carbocycles. The van der Waals surface area contributed by atoms with Gasteiger partial charge in [0.05, 0.1) is 12.0 Å². The van der Waals surface area contributed by atoms with E-state index in [1.54, 1.807) is 5.32 Å². The minimum absolute atomic E-state index is 0.113. The van der Waals surface area contributed by atoms with Crippen molar-refractivity contribution in [1.29, 1.82) is 5.26 Å². The second-order valence-electron chi connectivity index (χ2n) is 11.7. The summed E-state index contributed by atoms with van der Waals surface area (Å²) in [5.74, 6) is -8.77. The van der Waals surface area contributed by atoms with E-state index in [9.17, 15) is 37.6 Å². The van der Waals surface area contributed by atoms with Crippen molar-refractivity contribution in [2.45, 2.75) is 70.6 Å². The van der Waals surface area contributed by atoms with Crippen LogP contribution in [0.15, 0.2) is 0 Å². The van der Waals surface area contributed by atoms with Crippen LogP contribution < -0.4 is 16.4 Å². The second-order valence-corrected chi connectivity index (χ2v) is 11.7. The third kappa shape index (κ3) is 4.34. The highest BCUT2D eigenvalue weighted by molar-refractivity contribution is 5.96. The number of primary amides is 1. The van der Waals surface area contributed by atoms with Crippen LogP contribution in [0, 0.1) is 52.3 Å². The molecule has 0 aromatic heterocycles. The first-order valence-corrected chi connectivity index (χ1v) is 12.5. The minimum Gasteiger partial charge on any atom is -0.368 e. The van der Waals surface area contributed by atoms with E-state index < -0.39 is 83.3 Å². The maximum Gasteiger partial charge on any atom is 0.471 e. The Balaban J connectivity index is 1.84. The van der Waals surface area contributed by atoms with E-state index in [0.717, 1.165) is 4.90 Å². The van der Waals surface area contributed by atoms with Crippen LogP contribution in [0.4, 0.5) is 13.2 Å². The number of rotatable bonds is 6. The highest BCUT2D eigenvalue weighted by atomic mass is 19.4. The van der Waals surface area contributed by atoms with Crippen LogP contribution in [0.2, 0.25) is 0 Å². The number of hydrogen-bond donors (Lipinski definition) is 3. The third-order valence-corrected chi connectivity index (χ3v) is 8.65. The lowest BCUT2D eigenvalue weighted by molar-refractivity contribution is -0.176. The molecule has 2 aliphatic carbocycles. The maximum absolute atomic E-state index is 14.2. The van der Waals surface area contributed by atoms with Gasteiger partial charge >= 0.3 is 12.1 Å². The molecule has 7 unspecified atom stereocenters.